The Kier molecular flexibility index (Phi) is 6.38. The van der Waals surface area contributed by atoms with E-state index in [9.17, 15) is 4.79 Å². The second-order valence-electron chi connectivity index (χ2n) is 10.6. The van der Waals surface area contributed by atoms with E-state index in [-0.39, 0.29) is 5.91 Å². The predicted molar refractivity (Wildman–Crippen MR) is 144 cm³/mol. The molecule has 1 aliphatic carbocycles. The summed E-state index contributed by atoms with van der Waals surface area (Å²) >= 11 is 0. The number of piperidine rings is 1. The van der Waals surface area contributed by atoms with Gasteiger partial charge in [-0.2, -0.15) is 0 Å². The number of fused-ring (bicyclic) bond motifs is 3. The third kappa shape index (κ3) is 4.47. The zero-order valence-corrected chi connectivity index (χ0v) is 21.1. The molecular formula is C31H35N3O2. The van der Waals surface area contributed by atoms with Gasteiger partial charge < -0.3 is 15.8 Å². The number of amides is 1. The quantitative estimate of drug-likeness (QED) is 0.436. The van der Waals surface area contributed by atoms with Crippen molar-refractivity contribution in [2.75, 3.05) is 39.4 Å². The van der Waals surface area contributed by atoms with Gasteiger partial charge in [-0.15, -0.1) is 0 Å². The third-order valence-corrected chi connectivity index (χ3v) is 8.29. The number of rotatable bonds is 5. The van der Waals surface area contributed by atoms with E-state index in [4.69, 9.17) is 10.5 Å². The van der Waals surface area contributed by atoms with Crippen LogP contribution in [0.2, 0.25) is 0 Å². The van der Waals surface area contributed by atoms with Crippen LogP contribution in [0.5, 0.6) is 0 Å². The molecule has 5 heteroatoms. The van der Waals surface area contributed by atoms with Crippen molar-refractivity contribution in [2.24, 2.45) is 5.73 Å². The minimum absolute atomic E-state index is 0.347. The maximum absolute atomic E-state index is 12.6. The lowest BCUT2D eigenvalue weighted by Crippen LogP contribution is -2.35. The molecule has 2 aliphatic heterocycles. The van der Waals surface area contributed by atoms with Crippen molar-refractivity contribution in [2.45, 2.75) is 38.6 Å². The number of hydrogen-bond donors (Lipinski definition) is 2. The molecule has 1 amide bonds. The van der Waals surface area contributed by atoms with Gasteiger partial charge in [0.05, 0.1) is 13.2 Å². The molecule has 0 unspecified atom stereocenters. The summed E-state index contributed by atoms with van der Waals surface area (Å²) in [5.74, 6) is 0.269. The number of benzene rings is 3. The van der Waals surface area contributed by atoms with E-state index in [2.05, 4.69) is 59.6 Å². The Morgan fingerprint density at radius 3 is 2.56 bits per heavy atom. The molecule has 3 aromatic rings. The van der Waals surface area contributed by atoms with Crippen molar-refractivity contribution < 1.29 is 9.53 Å². The summed E-state index contributed by atoms with van der Waals surface area (Å²) in [6.45, 7) is 8.87. The van der Waals surface area contributed by atoms with Crippen LogP contribution in [-0.2, 0) is 17.7 Å². The van der Waals surface area contributed by atoms with Crippen LogP contribution < -0.4 is 11.1 Å². The van der Waals surface area contributed by atoms with E-state index < -0.39 is 0 Å². The van der Waals surface area contributed by atoms with Crippen molar-refractivity contribution in [3.63, 3.8) is 0 Å². The fourth-order valence-electron chi connectivity index (χ4n) is 6.16. The Bertz CT molecular complexity index is 1300. The first-order valence-electron chi connectivity index (χ1n) is 13.3. The van der Waals surface area contributed by atoms with Gasteiger partial charge in [0, 0.05) is 25.2 Å². The lowest BCUT2D eigenvalue weighted by Gasteiger charge is -2.27. The molecule has 3 aromatic carbocycles. The maximum atomic E-state index is 12.6. The van der Waals surface area contributed by atoms with E-state index in [0.29, 0.717) is 11.5 Å². The lowest BCUT2D eigenvalue weighted by molar-refractivity contribution is 0.0341. The molecule has 2 heterocycles. The number of carbonyl (C=O) groups excluding carboxylic acids is 1. The SMILES string of the molecule is Cc1cc(-c2cc(C(N)=O)c3c(c2)-c2ccc(C4CCNCC4)cc2C3)ccc1CN1CCOCC1. The van der Waals surface area contributed by atoms with E-state index in [1.165, 1.54) is 40.7 Å². The number of aryl methyl sites for hydroxylation is 1. The van der Waals surface area contributed by atoms with E-state index in [1.807, 2.05) is 6.07 Å². The highest BCUT2D eigenvalue weighted by molar-refractivity contribution is 6.00. The smallest absolute Gasteiger partial charge is 0.249 e. The number of morpholine rings is 1. The van der Waals surface area contributed by atoms with Crippen molar-refractivity contribution in [3.8, 4) is 22.3 Å². The Morgan fingerprint density at radius 1 is 1.00 bits per heavy atom. The highest BCUT2D eigenvalue weighted by atomic mass is 16.5. The van der Waals surface area contributed by atoms with Gasteiger partial charge in [0.15, 0.2) is 0 Å². The zero-order valence-electron chi connectivity index (χ0n) is 21.1. The number of primary amides is 1. The van der Waals surface area contributed by atoms with Crippen LogP contribution in [0, 0.1) is 6.92 Å². The molecule has 0 bridgehead atoms. The van der Waals surface area contributed by atoms with Crippen LogP contribution in [-0.4, -0.2) is 50.2 Å². The van der Waals surface area contributed by atoms with E-state index in [0.717, 1.165) is 74.6 Å². The normalized spacial score (nSPS) is 18.1. The van der Waals surface area contributed by atoms with Gasteiger partial charge in [-0.1, -0.05) is 36.4 Å². The monoisotopic (exact) mass is 481 g/mol. The summed E-state index contributed by atoms with van der Waals surface area (Å²) in [7, 11) is 0. The van der Waals surface area contributed by atoms with Gasteiger partial charge >= 0.3 is 0 Å². The average molecular weight is 482 g/mol. The zero-order chi connectivity index (χ0) is 24.6. The minimum atomic E-state index is -0.347. The minimum Gasteiger partial charge on any atom is -0.379 e. The van der Waals surface area contributed by atoms with Crippen LogP contribution in [0.15, 0.2) is 48.5 Å². The van der Waals surface area contributed by atoms with Gasteiger partial charge in [-0.05, 0) is 107 Å². The molecule has 186 valence electrons. The highest BCUT2D eigenvalue weighted by Crippen LogP contribution is 2.42. The van der Waals surface area contributed by atoms with Crippen molar-refractivity contribution in [1.82, 2.24) is 10.2 Å². The number of nitrogens with two attached hydrogens (primary N) is 1. The molecule has 3 N–H and O–H groups in total. The van der Waals surface area contributed by atoms with Crippen molar-refractivity contribution in [1.29, 1.82) is 0 Å². The van der Waals surface area contributed by atoms with Gasteiger partial charge in [-0.25, -0.2) is 0 Å². The molecule has 6 rings (SSSR count). The maximum Gasteiger partial charge on any atom is 0.249 e. The highest BCUT2D eigenvalue weighted by Gasteiger charge is 2.26. The van der Waals surface area contributed by atoms with Gasteiger partial charge in [0.1, 0.15) is 0 Å². The number of hydrogen-bond acceptors (Lipinski definition) is 4. The standard InChI is InChI=1S/C31H35N3O2/c1-20-14-22(2-3-24(20)19-34-10-12-36-13-11-34)25-16-28-27-5-4-23(21-6-8-33-9-7-21)15-26(27)18-29(28)30(17-25)31(32)35/h2-5,14-17,21,33H,6-13,18-19H2,1H3,(H2,32,35). The molecule has 2 fully saturated rings. The summed E-state index contributed by atoms with van der Waals surface area (Å²) in [5.41, 5.74) is 17.6. The predicted octanol–water partition coefficient (Wildman–Crippen LogP) is 4.63. The molecule has 36 heavy (non-hydrogen) atoms. The second kappa shape index (κ2) is 9.81. The topological polar surface area (TPSA) is 67.6 Å². The number of nitrogens with zero attached hydrogens (tertiary/aromatic N) is 1. The fourth-order valence-corrected chi connectivity index (χ4v) is 6.16. The van der Waals surface area contributed by atoms with Crippen LogP contribution in [0.4, 0.5) is 0 Å². The van der Waals surface area contributed by atoms with Crippen molar-refractivity contribution >= 4 is 5.91 Å². The first-order valence-corrected chi connectivity index (χ1v) is 13.3. The molecule has 0 atom stereocenters. The van der Waals surface area contributed by atoms with Crippen LogP contribution >= 0.6 is 0 Å². The molecule has 3 aliphatic rings. The first-order chi connectivity index (χ1) is 17.6. The summed E-state index contributed by atoms with van der Waals surface area (Å²) in [6, 6.07) is 17.9. The Morgan fingerprint density at radius 2 is 1.81 bits per heavy atom. The largest absolute Gasteiger partial charge is 0.379 e. The fraction of sp³-hybridized carbons (Fsp3) is 0.387. The number of carbonyl (C=O) groups is 1. The Labute approximate surface area is 213 Å². The molecule has 0 radical (unpaired) electrons. The third-order valence-electron chi connectivity index (χ3n) is 8.29. The van der Waals surface area contributed by atoms with Crippen LogP contribution in [0.3, 0.4) is 0 Å². The number of nitrogens with one attached hydrogen (secondary N) is 1. The average Bonchev–Trinajstić information content (AvgIpc) is 3.28. The summed E-state index contributed by atoms with van der Waals surface area (Å²) < 4.78 is 5.49. The summed E-state index contributed by atoms with van der Waals surface area (Å²) in [6.07, 6.45) is 3.14. The molecule has 2 saturated heterocycles. The second-order valence-corrected chi connectivity index (χ2v) is 10.6. The molecule has 5 nitrogen and oxygen atoms in total. The Hall–Kier alpha value is -2.99. The van der Waals surface area contributed by atoms with Gasteiger partial charge in [-0.3, -0.25) is 9.69 Å². The number of ether oxygens (including phenoxy) is 1. The lowest BCUT2D eigenvalue weighted by atomic mass is 9.88. The van der Waals surface area contributed by atoms with Crippen LogP contribution in [0.25, 0.3) is 22.3 Å². The van der Waals surface area contributed by atoms with E-state index >= 15 is 0 Å². The summed E-state index contributed by atoms with van der Waals surface area (Å²) in [5, 5.41) is 3.46. The van der Waals surface area contributed by atoms with Gasteiger partial charge in [0.2, 0.25) is 5.91 Å². The first kappa shape index (κ1) is 23.4. The molecule has 0 spiro atoms. The van der Waals surface area contributed by atoms with Gasteiger partial charge in [0.25, 0.3) is 0 Å². The van der Waals surface area contributed by atoms with Crippen molar-refractivity contribution in [3.05, 3.63) is 81.9 Å². The van der Waals surface area contributed by atoms with Crippen LogP contribution in [0.1, 0.15) is 56.9 Å². The Balaban J connectivity index is 1.33. The summed E-state index contributed by atoms with van der Waals surface area (Å²) in [4.78, 5) is 15.0. The molecule has 0 aromatic heterocycles. The molecular weight excluding hydrogens is 446 g/mol. The molecule has 0 saturated carbocycles. The van der Waals surface area contributed by atoms with E-state index in [1.54, 1.807) is 0 Å².